The van der Waals surface area contributed by atoms with Gasteiger partial charge in [-0.05, 0) is 63.7 Å². The molecular weight excluding hydrogens is 719 g/mol. The molecule has 3 nitrogen and oxygen atoms in total. The number of hydrogen-bond donors (Lipinski definition) is 0. The molecule has 56 heavy (non-hydrogen) atoms. The van der Waals surface area contributed by atoms with Gasteiger partial charge in [0.15, 0.2) is 17.5 Å². The first-order chi connectivity index (χ1) is 27.7. The van der Waals surface area contributed by atoms with Crippen LogP contribution >= 0.6 is 22.7 Å². The average molecular weight is 750 g/mol. The zero-order valence-corrected chi connectivity index (χ0v) is 31.7. The molecule has 11 aromatic rings. The Morgan fingerprint density at radius 2 is 0.732 bits per heavy atom. The van der Waals surface area contributed by atoms with Gasteiger partial charge in [-0.3, -0.25) is 0 Å². The first kappa shape index (κ1) is 32.6. The predicted molar refractivity (Wildman–Crippen MR) is 238 cm³/mol. The predicted octanol–water partition coefficient (Wildman–Crippen LogP) is 14.6. The van der Waals surface area contributed by atoms with Gasteiger partial charge in [0.25, 0.3) is 0 Å². The molecule has 3 heterocycles. The van der Waals surface area contributed by atoms with E-state index >= 15 is 0 Å². The lowest BCUT2D eigenvalue weighted by Gasteiger charge is -2.11. The summed E-state index contributed by atoms with van der Waals surface area (Å²) in [5.74, 6) is 1.92. The highest BCUT2D eigenvalue weighted by Crippen LogP contribution is 2.41. The number of rotatable bonds is 6. The molecule has 0 aliphatic heterocycles. The Morgan fingerprint density at radius 1 is 0.268 bits per heavy atom. The second-order valence-corrected chi connectivity index (χ2v) is 16.2. The monoisotopic (exact) mass is 749 g/mol. The maximum absolute atomic E-state index is 5.14. The fraction of sp³-hybridized carbons (Fsp3) is 0. The van der Waals surface area contributed by atoms with Gasteiger partial charge in [-0.1, -0.05) is 158 Å². The molecule has 11 rings (SSSR count). The molecule has 262 valence electrons. The van der Waals surface area contributed by atoms with Gasteiger partial charge in [0, 0.05) is 57.0 Å². The Morgan fingerprint density at radius 3 is 1.48 bits per heavy atom. The number of benzene rings is 8. The van der Waals surface area contributed by atoms with Gasteiger partial charge >= 0.3 is 0 Å². The largest absolute Gasteiger partial charge is 0.208 e. The van der Waals surface area contributed by atoms with Crippen molar-refractivity contribution in [3.8, 4) is 67.5 Å². The minimum absolute atomic E-state index is 0.639. The Hall–Kier alpha value is -6.79. The topological polar surface area (TPSA) is 38.7 Å². The third-order valence-corrected chi connectivity index (χ3v) is 12.8. The molecule has 0 aliphatic rings. The van der Waals surface area contributed by atoms with Crippen molar-refractivity contribution in [2.45, 2.75) is 0 Å². The molecule has 0 aliphatic carbocycles. The van der Waals surface area contributed by atoms with Crippen molar-refractivity contribution in [1.29, 1.82) is 0 Å². The van der Waals surface area contributed by atoms with Gasteiger partial charge < -0.3 is 0 Å². The first-order valence-electron chi connectivity index (χ1n) is 18.7. The second kappa shape index (κ2) is 13.5. The lowest BCUT2D eigenvalue weighted by Crippen LogP contribution is -2.00. The minimum Gasteiger partial charge on any atom is -0.208 e. The van der Waals surface area contributed by atoms with Crippen LogP contribution in [0.2, 0.25) is 0 Å². The van der Waals surface area contributed by atoms with Crippen LogP contribution in [0.25, 0.3) is 108 Å². The van der Waals surface area contributed by atoms with Crippen LogP contribution in [0, 0.1) is 0 Å². The highest BCUT2D eigenvalue weighted by atomic mass is 32.1. The Labute approximate surface area is 331 Å². The van der Waals surface area contributed by atoms with Crippen molar-refractivity contribution in [2.24, 2.45) is 0 Å². The van der Waals surface area contributed by atoms with Crippen molar-refractivity contribution in [2.75, 3.05) is 0 Å². The first-order valence-corrected chi connectivity index (χ1v) is 20.3. The molecule has 0 spiro atoms. The van der Waals surface area contributed by atoms with Crippen molar-refractivity contribution in [1.82, 2.24) is 15.0 Å². The smallest absolute Gasteiger partial charge is 0.164 e. The van der Waals surface area contributed by atoms with E-state index in [2.05, 4.69) is 182 Å². The number of thiophene rings is 2. The molecule has 0 saturated carbocycles. The summed E-state index contributed by atoms with van der Waals surface area (Å²) in [6.45, 7) is 0. The van der Waals surface area contributed by atoms with E-state index < -0.39 is 0 Å². The van der Waals surface area contributed by atoms with Gasteiger partial charge in [-0.2, -0.15) is 0 Å². The van der Waals surface area contributed by atoms with E-state index in [0.29, 0.717) is 17.5 Å². The number of fused-ring (bicyclic) bond motifs is 6. The summed E-state index contributed by atoms with van der Waals surface area (Å²) >= 11 is 3.68. The van der Waals surface area contributed by atoms with Crippen molar-refractivity contribution in [3.63, 3.8) is 0 Å². The van der Waals surface area contributed by atoms with Crippen LogP contribution in [-0.2, 0) is 0 Å². The maximum atomic E-state index is 5.14. The highest BCUT2D eigenvalue weighted by molar-refractivity contribution is 7.26. The number of nitrogens with zero attached hydrogens (tertiary/aromatic N) is 3. The molecule has 0 fully saturated rings. The lowest BCUT2D eigenvalue weighted by atomic mass is 9.98. The van der Waals surface area contributed by atoms with E-state index in [4.69, 9.17) is 15.0 Å². The normalized spacial score (nSPS) is 11.6. The summed E-state index contributed by atoms with van der Waals surface area (Å²) in [7, 11) is 0. The summed E-state index contributed by atoms with van der Waals surface area (Å²) in [4.78, 5) is 15.4. The second-order valence-electron chi connectivity index (χ2n) is 14.0. The molecule has 0 amide bonds. The molecule has 3 aromatic heterocycles. The van der Waals surface area contributed by atoms with Crippen LogP contribution in [0.4, 0.5) is 0 Å². The Bertz CT molecular complexity index is 3230. The maximum Gasteiger partial charge on any atom is 0.164 e. The minimum atomic E-state index is 0.639. The molecule has 0 saturated heterocycles. The molecule has 0 N–H and O–H groups in total. The molecule has 0 radical (unpaired) electrons. The van der Waals surface area contributed by atoms with Crippen LogP contribution in [0.15, 0.2) is 188 Å². The summed E-state index contributed by atoms with van der Waals surface area (Å²) in [6, 6.07) is 66.8. The van der Waals surface area contributed by atoms with E-state index in [1.165, 1.54) is 57.0 Å². The van der Waals surface area contributed by atoms with Gasteiger partial charge in [0.1, 0.15) is 0 Å². The van der Waals surface area contributed by atoms with Gasteiger partial charge in [0.05, 0.1) is 0 Å². The molecular formula is C51H31N3S2. The fourth-order valence-corrected chi connectivity index (χ4v) is 10.0. The SMILES string of the molecule is c1ccc(-c2ccc(-c3nc(-c4ccc(-c5cccc6sc7ccccc7c56)cc4)nc(-c4cccc(-c5ccc6c(c5)sc5ccccc56)c4)n3)cc2)cc1. The Balaban J connectivity index is 1.01. The molecule has 0 bridgehead atoms. The molecule has 0 atom stereocenters. The zero-order valence-electron chi connectivity index (χ0n) is 30.1. The van der Waals surface area contributed by atoms with Gasteiger partial charge in [0.2, 0.25) is 0 Å². The Kier molecular flexibility index (Phi) is 7.87. The van der Waals surface area contributed by atoms with E-state index in [-0.39, 0.29) is 0 Å². The highest BCUT2D eigenvalue weighted by Gasteiger charge is 2.16. The molecule has 0 unspecified atom stereocenters. The summed E-state index contributed by atoms with van der Waals surface area (Å²) < 4.78 is 5.19. The fourth-order valence-electron chi connectivity index (χ4n) is 7.76. The molecule has 5 heteroatoms. The van der Waals surface area contributed by atoms with E-state index in [1.807, 2.05) is 28.7 Å². The van der Waals surface area contributed by atoms with Crippen LogP contribution in [0.5, 0.6) is 0 Å². The molecule has 8 aromatic carbocycles. The van der Waals surface area contributed by atoms with Gasteiger partial charge in [-0.25, -0.2) is 15.0 Å². The van der Waals surface area contributed by atoms with Crippen LogP contribution in [0.1, 0.15) is 0 Å². The number of aromatic nitrogens is 3. The summed E-state index contributed by atoms with van der Waals surface area (Å²) in [5, 5.41) is 5.20. The standard InChI is InChI=1S/C51H31N3S2/c1-2-10-32(11-3-1)33-20-24-35(25-21-33)49-52-50(36-26-22-34(23-27-36)40-16-9-19-46-48(40)43-15-5-7-18-45(43)55-46)54-51(53-49)39-13-8-12-37(30-39)38-28-29-42-41-14-4-6-17-44(41)56-47(42)31-38/h1-31H. The zero-order chi connectivity index (χ0) is 37.0. The van der Waals surface area contributed by atoms with Gasteiger partial charge in [-0.15, -0.1) is 22.7 Å². The van der Waals surface area contributed by atoms with Crippen molar-refractivity contribution < 1.29 is 0 Å². The lowest BCUT2D eigenvalue weighted by molar-refractivity contribution is 1.07. The van der Waals surface area contributed by atoms with E-state index in [1.54, 1.807) is 0 Å². The summed E-state index contributed by atoms with van der Waals surface area (Å²) in [6.07, 6.45) is 0. The quantitative estimate of drug-likeness (QED) is 0.170. The van der Waals surface area contributed by atoms with E-state index in [9.17, 15) is 0 Å². The van der Waals surface area contributed by atoms with Crippen LogP contribution in [0.3, 0.4) is 0 Å². The van der Waals surface area contributed by atoms with Crippen molar-refractivity contribution in [3.05, 3.63) is 188 Å². The summed E-state index contributed by atoms with van der Waals surface area (Å²) in [5.41, 5.74) is 9.83. The van der Waals surface area contributed by atoms with Crippen molar-refractivity contribution >= 4 is 63.0 Å². The van der Waals surface area contributed by atoms with E-state index in [0.717, 1.165) is 33.4 Å². The van der Waals surface area contributed by atoms with Crippen LogP contribution < -0.4 is 0 Å². The van der Waals surface area contributed by atoms with Crippen LogP contribution in [-0.4, -0.2) is 15.0 Å². The number of hydrogen-bond acceptors (Lipinski definition) is 5. The third kappa shape index (κ3) is 5.77. The average Bonchev–Trinajstić information content (AvgIpc) is 3.85. The third-order valence-electron chi connectivity index (χ3n) is 10.6.